The first-order chi connectivity index (χ1) is 16.8. The van der Waals surface area contributed by atoms with Crippen LogP contribution in [0.2, 0.25) is 0 Å². The summed E-state index contributed by atoms with van der Waals surface area (Å²) in [5.41, 5.74) is 0.163. The molecule has 3 nitrogen and oxygen atoms in total. The van der Waals surface area contributed by atoms with Gasteiger partial charge in [0.2, 0.25) is 0 Å². The molecule has 0 aliphatic carbocycles. The summed E-state index contributed by atoms with van der Waals surface area (Å²) in [7, 11) is -0.252. The van der Waals surface area contributed by atoms with E-state index in [2.05, 4.69) is 24.3 Å². The Labute approximate surface area is 208 Å². The maximum Gasteiger partial charge on any atom is 0.345 e. The third-order valence-corrected chi connectivity index (χ3v) is 7.84. The molecule has 0 radical (unpaired) electrons. The summed E-state index contributed by atoms with van der Waals surface area (Å²) in [5.74, 6) is -0.268. The van der Waals surface area contributed by atoms with Crippen molar-refractivity contribution in [3.05, 3.63) is 120 Å². The van der Waals surface area contributed by atoms with Crippen LogP contribution in [0, 0.1) is 12.7 Å². The molecule has 0 amide bonds. The summed E-state index contributed by atoms with van der Waals surface area (Å²) in [6, 6.07) is 33.4. The summed E-state index contributed by atoms with van der Waals surface area (Å²) in [5, 5.41) is 0. The number of carbonyl (C=O) groups is 1. The van der Waals surface area contributed by atoms with Crippen molar-refractivity contribution in [2.24, 2.45) is 0 Å². The summed E-state index contributed by atoms with van der Waals surface area (Å²) in [6.45, 7) is 4.93. The van der Waals surface area contributed by atoms with Crippen LogP contribution in [-0.2, 0) is 26.0 Å². The molecule has 0 heterocycles. The van der Waals surface area contributed by atoms with Crippen LogP contribution in [0.5, 0.6) is 5.75 Å². The van der Waals surface area contributed by atoms with Crippen molar-refractivity contribution in [2.75, 3.05) is 6.61 Å². The van der Waals surface area contributed by atoms with Gasteiger partial charge < -0.3 is 9.47 Å². The van der Waals surface area contributed by atoms with E-state index in [-0.39, 0.29) is 23.3 Å². The van der Waals surface area contributed by atoms with Gasteiger partial charge in [0.05, 0.1) is 10.9 Å². The standard InChI is InChI=1S/C30H28FO3S/c1-22-14-15-23(20-28(22)31)30(2,3)34-29(32)21-33-24-16-18-27(19-17-24)35(25-10-6-4-7-11-25)26-12-8-5-9-13-26/h4-20H,21H2,1-3H3/q+1. The van der Waals surface area contributed by atoms with Crippen molar-refractivity contribution < 1.29 is 18.7 Å². The van der Waals surface area contributed by atoms with Gasteiger partial charge in [0.1, 0.15) is 17.2 Å². The molecule has 0 atom stereocenters. The molecule has 0 aromatic heterocycles. The van der Waals surface area contributed by atoms with Crippen molar-refractivity contribution in [3.8, 4) is 5.75 Å². The molecule has 0 N–H and O–H groups in total. The molecule has 4 aromatic rings. The molecular weight excluding hydrogens is 459 g/mol. The van der Waals surface area contributed by atoms with E-state index in [0.29, 0.717) is 16.9 Å². The van der Waals surface area contributed by atoms with Crippen LogP contribution in [0.3, 0.4) is 0 Å². The van der Waals surface area contributed by atoms with Crippen LogP contribution in [0.1, 0.15) is 25.0 Å². The third kappa shape index (κ3) is 6.11. The fraction of sp³-hybridized carbons (Fsp3) is 0.167. The van der Waals surface area contributed by atoms with Gasteiger partial charge in [0.15, 0.2) is 21.3 Å². The highest BCUT2D eigenvalue weighted by molar-refractivity contribution is 7.97. The SMILES string of the molecule is Cc1ccc(C(C)(C)OC(=O)COc2ccc([S+](c3ccccc3)c3ccccc3)cc2)cc1F. The maximum atomic E-state index is 14.0. The van der Waals surface area contributed by atoms with Crippen LogP contribution in [-0.4, -0.2) is 12.6 Å². The van der Waals surface area contributed by atoms with Crippen LogP contribution in [0.15, 0.2) is 118 Å². The molecular formula is C30H28FO3S+. The predicted molar refractivity (Wildman–Crippen MR) is 137 cm³/mol. The quantitative estimate of drug-likeness (QED) is 0.197. The van der Waals surface area contributed by atoms with Gasteiger partial charge in [-0.1, -0.05) is 48.5 Å². The van der Waals surface area contributed by atoms with Crippen molar-refractivity contribution in [2.45, 2.75) is 41.1 Å². The van der Waals surface area contributed by atoms with E-state index in [1.54, 1.807) is 32.9 Å². The second-order valence-corrected chi connectivity index (χ2v) is 10.7. The molecule has 35 heavy (non-hydrogen) atoms. The number of ether oxygens (including phenoxy) is 2. The fourth-order valence-electron chi connectivity index (χ4n) is 3.68. The van der Waals surface area contributed by atoms with E-state index >= 15 is 0 Å². The number of carbonyl (C=O) groups excluding carboxylic acids is 1. The Balaban J connectivity index is 1.43. The highest BCUT2D eigenvalue weighted by Crippen LogP contribution is 2.32. The molecule has 0 spiro atoms. The predicted octanol–water partition coefficient (Wildman–Crippen LogP) is 7.09. The van der Waals surface area contributed by atoms with Crippen LogP contribution in [0.25, 0.3) is 0 Å². The third-order valence-electron chi connectivity index (χ3n) is 5.61. The molecule has 0 aliphatic rings. The van der Waals surface area contributed by atoms with Gasteiger partial charge in [-0.15, -0.1) is 0 Å². The smallest absolute Gasteiger partial charge is 0.345 e. The molecule has 0 fully saturated rings. The largest absolute Gasteiger partial charge is 0.482 e. The maximum absolute atomic E-state index is 14.0. The Morgan fingerprint density at radius 3 is 1.89 bits per heavy atom. The zero-order valence-corrected chi connectivity index (χ0v) is 20.8. The Bertz CT molecular complexity index is 1230. The molecule has 0 saturated heterocycles. The minimum absolute atomic E-state index is 0.236. The van der Waals surface area contributed by atoms with E-state index < -0.39 is 11.6 Å². The summed E-state index contributed by atoms with van der Waals surface area (Å²) in [6.07, 6.45) is 0. The topological polar surface area (TPSA) is 35.5 Å². The van der Waals surface area contributed by atoms with Crippen LogP contribution < -0.4 is 4.74 Å². The number of hydrogen-bond acceptors (Lipinski definition) is 3. The highest BCUT2D eigenvalue weighted by Gasteiger charge is 2.29. The van der Waals surface area contributed by atoms with E-state index in [9.17, 15) is 9.18 Å². The molecule has 0 unspecified atom stereocenters. The van der Waals surface area contributed by atoms with Gasteiger partial charge in [0, 0.05) is 0 Å². The van der Waals surface area contributed by atoms with Gasteiger partial charge in [-0.05, 0) is 86.5 Å². The number of halogens is 1. The molecule has 4 aromatic carbocycles. The first kappa shape index (κ1) is 24.6. The first-order valence-corrected chi connectivity index (χ1v) is 12.6. The minimum atomic E-state index is -0.974. The molecule has 4 rings (SSSR count). The lowest BCUT2D eigenvalue weighted by molar-refractivity contribution is -0.159. The summed E-state index contributed by atoms with van der Waals surface area (Å²) >= 11 is 0. The second-order valence-electron chi connectivity index (χ2n) is 8.64. The normalized spacial score (nSPS) is 11.3. The second kappa shape index (κ2) is 10.8. The lowest BCUT2D eigenvalue weighted by Gasteiger charge is -2.26. The zero-order chi connectivity index (χ0) is 24.8. The van der Waals surface area contributed by atoms with Crippen molar-refractivity contribution >= 4 is 16.9 Å². The Kier molecular flexibility index (Phi) is 7.57. The summed E-state index contributed by atoms with van der Waals surface area (Å²) in [4.78, 5) is 16.1. The average Bonchev–Trinajstić information content (AvgIpc) is 2.86. The van der Waals surface area contributed by atoms with Gasteiger partial charge in [0.25, 0.3) is 0 Å². The van der Waals surface area contributed by atoms with E-state index in [0.717, 1.165) is 4.90 Å². The number of benzene rings is 4. The summed E-state index contributed by atoms with van der Waals surface area (Å²) < 4.78 is 25.2. The highest BCUT2D eigenvalue weighted by atomic mass is 32.2. The first-order valence-electron chi connectivity index (χ1n) is 11.4. The lowest BCUT2D eigenvalue weighted by Crippen LogP contribution is -2.28. The number of hydrogen-bond donors (Lipinski definition) is 0. The molecule has 0 saturated carbocycles. The lowest BCUT2D eigenvalue weighted by atomic mass is 9.97. The Morgan fingerprint density at radius 1 is 0.800 bits per heavy atom. The van der Waals surface area contributed by atoms with Crippen LogP contribution >= 0.6 is 0 Å². The minimum Gasteiger partial charge on any atom is -0.482 e. The number of esters is 1. The Morgan fingerprint density at radius 2 is 1.34 bits per heavy atom. The van der Waals surface area contributed by atoms with Gasteiger partial charge in [-0.25, -0.2) is 9.18 Å². The number of aryl methyl sites for hydroxylation is 1. The van der Waals surface area contributed by atoms with Gasteiger partial charge in [-0.2, -0.15) is 0 Å². The molecule has 0 aliphatic heterocycles. The monoisotopic (exact) mass is 487 g/mol. The van der Waals surface area contributed by atoms with E-state index in [4.69, 9.17) is 9.47 Å². The average molecular weight is 488 g/mol. The van der Waals surface area contributed by atoms with Crippen molar-refractivity contribution in [3.63, 3.8) is 0 Å². The van der Waals surface area contributed by atoms with E-state index in [1.807, 2.05) is 60.7 Å². The van der Waals surface area contributed by atoms with Gasteiger partial charge in [-0.3, -0.25) is 0 Å². The van der Waals surface area contributed by atoms with E-state index in [1.165, 1.54) is 15.9 Å². The molecule has 0 bridgehead atoms. The van der Waals surface area contributed by atoms with Crippen LogP contribution in [0.4, 0.5) is 4.39 Å². The molecule has 178 valence electrons. The number of rotatable bonds is 8. The Hall–Kier alpha value is -3.57. The van der Waals surface area contributed by atoms with Gasteiger partial charge >= 0.3 is 5.97 Å². The fourth-order valence-corrected chi connectivity index (χ4v) is 5.76. The molecule has 5 heteroatoms. The van der Waals surface area contributed by atoms with Crippen molar-refractivity contribution in [1.29, 1.82) is 0 Å². The zero-order valence-electron chi connectivity index (χ0n) is 20.0. The van der Waals surface area contributed by atoms with Crippen molar-refractivity contribution in [1.82, 2.24) is 0 Å².